The number of nitrogen functional groups attached to an aromatic ring is 1. The number of nitrogens with zero attached hydrogens (tertiary/aromatic N) is 1. The molecule has 2 amide bonds. The zero-order valence-corrected chi connectivity index (χ0v) is 15.9. The Balaban J connectivity index is 1.76. The maximum atomic E-state index is 12.5. The van der Waals surface area contributed by atoms with Crippen molar-refractivity contribution in [2.24, 2.45) is 5.84 Å². The van der Waals surface area contributed by atoms with Crippen LogP contribution in [0.1, 0.15) is 20.7 Å². The van der Waals surface area contributed by atoms with Gasteiger partial charge < -0.3 is 5.32 Å². The van der Waals surface area contributed by atoms with Crippen molar-refractivity contribution in [3.8, 4) is 0 Å². The number of amides is 2. The van der Waals surface area contributed by atoms with E-state index in [-0.39, 0.29) is 21.2 Å². The summed E-state index contributed by atoms with van der Waals surface area (Å²) in [6.07, 6.45) is 1.49. The molecule has 0 spiro atoms. The minimum absolute atomic E-state index is 0.0172. The van der Waals surface area contributed by atoms with Crippen LogP contribution in [0.3, 0.4) is 0 Å². The predicted molar refractivity (Wildman–Crippen MR) is 105 cm³/mol. The maximum absolute atomic E-state index is 12.5. The predicted octanol–water partition coefficient (Wildman–Crippen LogP) is 1.80. The number of nitrogens with two attached hydrogens (primary N) is 1. The van der Waals surface area contributed by atoms with Gasteiger partial charge in [-0.2, -0.15) is 0 Å². The zero-order chi connectivity index (χ0) is 20.1. The smallest absolute Gasteiger partial charge is 0.265 e. The number of rotatable bonds is 6. The quantitative estimate of drug-likeness (QED) is 0.274. The van der Waals surface area contributed by atoms with Gasteiger partial charge in [-0.05, 0) is 36.4 Å². The van der Waals surface area contributed by atoms with Gasteiger partial charge in [-0.3, -0.25) is 19.7 Å². The molecule has 0 saturated heterocycles. The summed E-state index contributed by atoms with van der Waals surface area (Å²) in [6.45, 7) is 0. The number of thiazole rings is 1. The summed E-state index contributed by atoms with van der Waals surface area (Å²) in [5.74, 6) is 4.01. The van der Waals surface area contributed by atoms with Gasteiger partial charge in [0.15, 0.2) is 5.13 Å². The van der Waals surface area contributed by atoms with E-state index in [1.54, 1.807) is 17.5 Å². The molecule has 0 atom stereocenters. The highest BCUT2D eigenvalue weighted by Crippen LogP contribution is 2.20. The number of hydrogen-bond acceptors (Lipinski definition) is 7. The van der Waals surface area contributed by atoms with Gasteiger partial charge in [0.05, 0.1) is 16.0 Å². The average Bonchev–Trinajstić information content (AvgIpc) is 3.20. The second kappa shape index (κ2) is 8.17. The van der Waals surface area contributed by atoms with Crippen LogP contribution in [0.15, 0.2) is 65.0 Å². The molecule has 3 rings (SSSR count). The van der Waals surface area contributed by atoms with Gasteiger partial charge >= 0.3 is 0 Å². The molecule has 0 unspecified atom stereocenters. The number of carbonyl (C=O) groups is 2. The summed E-state index contributed by atoms with van der Waals surface area (Å²) < 4.78 is 27.0. The van der Waals surface area contributed by atoms with Crippen molar-refractivity contribution in [2.75, 3.05) is 10.0 Å². The van der Waals surface area contributed by atoms with Crippen LogP contribution in [-0.2, 0) is 10.0 Å². The molecule has 28 heavy (non-hydrogen) atoms. The van der Waals surface area contributed by atoms with Gasteiger partial charge in [0.1, 0.15) is 0 Å². The highest BCUT2D eigenvalue weighted by atomic mass is 32.2. The second-order valence-electron chi connectivity index (χ2n) is 5.44. The number of benzene rings is 2. The first-order valence-corrected chi connectivity index (χ1v) is 10.2. The van der Waals surface area contributed by atoms with Crippen LogP contribution in [0, 0.1) is 0 Å². The van der Waals surface area contributed by atoms with E-state index in [0.29, 0.717) is 5.69 Å². The molecule has 0 fully saturated rings. The van der Waals surface area contributed by atoms with Crippen molar-refractivity contribution < 1.29 is 18.0 Å². The third-order valence-electron chi connectivity index (χ3n) is 3.62. The third-order valence-corrected chi connectivity index (χ3v) is 5.80. The van der Waals surface area contributed by atoms with E-state index in [1.807, 2.05) is 5.43 Å². The largest absolute Gasteiger partial charge is 0.322 e. The standard InChI is InChI=1S/C17H15N5O4S2/c18-21-16(24)14-4-2-1-3-13(14)15(23)20-11-5-7-12(8-6-11)28(25,26)22-17-19-9-10-27-17/h1-10H,18H2,(H,19,22)(H,20,23)(H,21,24). The highest BCUT2D eigenvalue weighted by Gasteiger charge is 2.18. The van der Waals surface area contributed by atoms with E-state index >= 15 is 0 Å². The Morgan fingerprint density at radius 2 is 1.61 bits per heavy atom. The summed E-state index contributed by atoms with van der Waals surface area (Å²) in [5, 5.41) is 4.53. The van der Waals surface area contributed by atoms with Crippen molar-refractivity contribution in [2.45, 2.75) is 4.90 Å². The van der Waals surface area contributed by atoms with E-state index in [2.05, 4.69) is 15.0 Å². The third kappa shape index (κ3) is 4.34. The molecule has 11 heteroatoms. The molecule has 0 radical (unpaired) electrons. The first kappa shape index (κ1) is 19.5. The van der Waals surface area contributed by atoms with E-state index in [1.165, 1.54) is 42.6 Å². The van der Waals surface area contributed by atoms with Crippen LogP contribution in [0.25, 0.3) is 0 Å². The van der Waals surface area contributed by atoms with Crippen LogP contribution in [-0.4, -0.2) is 25.2 Å². The Hall–Kier alpha value is -3.28. The van der Waals surface area contributed by atoms with E-state index in [9.17, 15) is 18.0 Å². The van der Waals surface area contributed by atoms with Gasteiger partial charge in [-0.15, -0.1) is 11.3 Å². The molecule has 1 aromatic heterocycles. The maximum Gasteiger partial charge on any atom is 0.265 e. The van der Waals surface area contributed by atoms with E-state index in [4.69, 9.17) is 5.84 Å². The Morgan fingerprint density at radius 1 is 0.964 bits per heavy atom. The summed E-state index contributed by atoms with van der Waals surface area (Å²) in [5.41, 5.74) is 2.60. The minimum atomic E-state index is -3.78. The molecule has 0 saturated carbocycles. The molecule has 9 nitrogen and oxygen atoms in total. The van der Waals surface area contributed by atoms with Crippen LogP contribution >= 0.6 is 11.3 Å². The molecule has 0 aliphatic heterocycles. The van der Waals surface area contributed by atoms with Gasteiger partial charge in [0, 0.05) is 17.3 Å². The topological polar surface area (TPSA) is 143 Å². The Morgan fingerprint density at radius 3 is 2.18 bits per heavy atom. The highest BCUT2D eigenvalue weighted by molar-refractivity contribution is 7.93. The monoisotopic (exact) mass is 417 g/mol. The summed E-state index contributed by atoms with van der Waals surface area (Å²) in [7, 11) is -3.78. The molecule has 3 aromatic rings. The summed E-state index contributed by atoms with van der Waals surface area (Å²) >= 11 is 1.16. The molecular formula is C17H15N5O4S2. The van der Waals surface area contributed by atoms with Crippen molar-refractivity contribution in [1.82, 2.24) is 10.4 Å². The van der Waals surface area contributed by atoms with Crippen molar-refractivity contribution in [3.63, 3.8) is 0 Å². The number of aromatic nitrogens is 1. The summed E-state index contributed by atoms with van der Waals surface area (Å²) in [6, 6.07) is 11.8. The van der Waals surface area contributed by atoms with Gasteiger partial charge in [0.2, 0.25) is 0 Å². The normalized spacial score (nSPS) is 10.9. The summed E-state index contributed by atoms with van der Waals surface area (Å²) in [4.78, 5) is 28.2. The molecule has 5 N–H and O–H groups in total. The Labute approximate surface area is 164 Å². The van der Waals surface area contributed by atoms with Crippen LogP contribution < -0.4 is 21.3 Å². The molecule has 144 valence electrons. The SMILES string of the molecule is NNC(=O)c1ccccc1C(=O)Nc1ccc(S(=O)(=O)Nc2nccs2)cc1. The van der Waals surface area contributed by atoms with Crippen LogP contribution in [0.2, 0.25) is 0 Å². The Kier molecular flexibility index (Phi) is 5.68. The fourth-order valence-corrected chi connectivity index (χ4v) is 4.11. The molecule has 0 aliphatic carbocycles. The second-order valence-corrected chi connectivity index (χ2v) is 8.02. The van der Waals surface area contributed by atoms with Crippen molar-refractivity contribution >= 4 is 44.0 Å². The van der Waals surface area contributed by atoms with Crippen molar-refractivity contribution in [3.05, 3.63) is 71.2 Å². The van der Waals surface area contributed by atoms with Crippen LogP contribution in [0.4, 0.5) is 10.8 Å². The first-order valence-electron chi connectivity index (χ1n) is 7.84. The lowest BCUT2D eigenvalue weighted by Gasteiger charge is -2.10. The number of hydrogen-bond donors (Lipinski definition) is 4. The molecule has 0 bridgehead atoms. The number of sulfonamides is 1. The van der Waals surface area contributed by atoms with Crippen molar-refractivity contribution in [1.29, 1.82) is 0 Å². The van der Waals surface area contributed by atoms with Gasteiger partial charge in [-0.25, -0.2) is 19.2 Å². The van der Waals surface area contributed by atoms with Gasteiger partial charge in [0.25, 0.3) is 21.8 Å². The number of anilines is 2. The lowest BCUT2D eigenvalue weighted by atomic mass is 10.1. The van der Waals surface area contributed by atoms with E-state index in [0.717, 1.165) is 11.3 Å². The molecular weight excluding hydrogens is 402 g/mol. The van der Waals surface area contributed by atoms with E-state index < -0.39 is 21.8 Å². The molecule has 1 heterocycles. The fourth-order valence-electron chi connectivity index (χ4n) is 2.32. The number of nitrogens with one attached hydrogen (secondary N) is 3. The number of carbonyl (C=O) groups excluding carboxylic acids is 2. The fraction of sp³-hybridized carbons (Fsp3) is 0. The molecule has 0 aliphatic rings. The van der Waals surface area contributed by atoms with Crippen LogP contribution in [0.5, 0.6) is 0 Å². The number of hydrazine groups is 1. The molecule has 2 aromatic carbocycles. The van der Waals surface area contributed by atoms with Gasteiger partial charge in [-0.1, -0.05) is 12.1 Å². The zero-order valence-electron chi connectivity index (χ0n) is 14.2. The first-order chi connectivity index (χ1) is 13.4. The minimum Gasteiger partial charge on any atom is -0.322 e. The lowest BCUT2D eigenvalue weighted by molar-refractivity contribution is 0.0940. The lowest BCUT2D eigenvalue weighted by Crippen LogP contribution is -2.31. The average molecular weight is 417 g/mol. The Bertz CT molecular complexity index is 1100.